The molecular formula is C8H16O2. The van der Waals surface area contributed by atoms with Gasteiger partial charge < -0.3 is 4.74 Å². The molecule has 0 aromatic rings. The maximum atomic E-state index is 11.0. The Hall–Kier alpha value is -0.530. The van der Waals surface area contributed by atoms with Crippen molar-refractivity contribution in [2.45, 2.75) is 27.2 Å². The number of carbonyl (C=O) groups is 1. The van der Waals surface area contributed by atoms with E-state index in [9.17, 15) is 4.79 Å². The standard InChI is InChI=1S/C8H16O2/c1-5-7(6(2)3)8(9)10-4/h6-7H,5H2,1-4H3. The van der Waals surface area contributed by atoms with Gasteiger partial charge in [0, 0.05) is 0 Å². The maximum Gasteiger partial charge on any atom is 0.308 e. The van der Waals surface area contributed by atoms with E-state index >= 15 is 0 Å². The Morgan fingerprint density at radius 1 is 1.50 bits per heavy atom. The van der Waals surface area contributed by atoms with Crippen molar-refractivity contribution in [3.05, 3.63) is 0 Å². The van der Waals surface area contributed by atoms with Gasteiger partial charge in [0.05, 0.1) is 13.0 Å². The van der Waals surface area contributed by atoms with Crippen LogP contribution < -0.4 is 0 Å². The third-order valence-electron chi connectivity index (χ3n) is 1.75. The van der Waals surface area contributed by atoms with Gasteiger partial charge in [0.25, 0.3) is 0 Å². The highest BCUT2D eigenvalue weighted by Gasteiger charge is 2.19. The third kappa shape index (κ3) is 2.38. The monoisotopic (exact) mass is 144 g/mol. The Kier molecular flexibility index (Phi) is 4.08. The molecule has 0 N–H and O–H groups in total. The Labute approximate surface area is 62.6 Å². The highest BCUT2D eigenvalue weighted by Crippen LogP contribution is 2.15. The van der Waals surface area contributed by atoms with Crippen LogP contribution in [0.5, 0.6) is 0 Å². The second-order valence-electron chi connectivity index (χ2n) is 2.78. The fourth-order valence-electron chi connectivity index (χ4n) is 1.06. The minimum absolute atomic E-state index is 0.0741. The van der Waals surface area contributed by atoms with Gasteiger partial charge in [-0.25, -0.2) is 0 Å². The predicted octanol–water partition coefficient (Wildman–Crippen LogP) is 1.84. The van der Waals surface area contributed by atoms with Gasteiger partial charge in [0.2, 0.25) is 0 Å². The first-order valence-electron chi connectivity index (χ1n) is 3.71. The molecule has 2 nitrogen and oxygen atoms in total. The first-order valence-corrected chi connectivity index (χ1v) is 3.71. The number of esters is 1. The summed E-state index contributed by atoms with van der Waals surface area (Å²) in [5, 5.41) is 0. The van der Waals surface area contributed by atoms with Crippen molar-refractivity contribution >= 4 is 5.97 Å². The quantitative estimate of drug-likeness (QED) is 0.565. The number of hydrogen-bond donors (Lipinski definition) is 0. The Bertz CT molecular complexity index is 108. The molecule has 0 spiro atoms. The lowest BCUT2D eigenvalue weighted by atomic mass is 9.94. The van der Waals surface area contributed by atoms with Crippen LogP contribution in [-0.2, 0) is 9.53 Å². The zero-order chi connectivity index (χ0) is 8.15. The third-order valence-corrected chi connectivity index (χ3v) is 1.75. The predicted molar refractivity (Wildman–Crippen MR) is 40.6 cm³/mol. The van der Waals surface area contributed by atoms with Crippen molar-refractivity contribution in [1.29, 1.82) is 0 Å². The molecule has 0 radical (unpaired) electrons. The van der Waals surface area contributed by atoms with E-state index in [1.807, 2.05) is 20.8 Å². The van der Waals surface area contributed by atoms with E-state index in [0.29, 0.717) is 5.92 Å². The van der Waals surface area contributed by atoms with Crippen LogP contribution in [0.1, 0.15) is 27.2 Å². The SMILES string of the molecule is CCC(C(=O)OC)C(C)C. The van der Waals surface area contributed by atoms with Crippen LogP contribution in [0.3, 0.4) is 0 Å². The highest BCUT2D eigenvalue weighted by molar-refractivity contribution is 5.72. The van der Waals surface area contributed by atoms with E-state index in [-0.39, 0.29) is 11.9 Å². The molecule has 1 unspecified atom stereocenters. The van der Waals surface area contributed by atoms with Crippen LogP contribution in [0.25, 0.3) is 0 Å². The van der Waals surface area contributed by atoms with E-state index in [4.69, 9.17) is 0 Å². The van der Waals surface area contributed by atoms with Gasteiger partial charge in [-0.3, -0.25) is 4.79 Å². The van der Waals surface area contributed by atoms with Gasteiger partial charge >= 0.3 is 5.97 Å². The lowest BCUT2D eigenvalue weighted by molar-refractivity contribution is -0.147. The van der Waals surface area contributed by atoms with Gasteiger partial charge in [-0.05, 0) is 12.3 Å². The van der Waals surface area contributed by atoms with Crippen LogP contribution in [0.2, 0.25) is 0 Å². The molecule has 0 saturated heterocycles. The van der Waals surface area contributed by atoms with E-state index in [1.165, 1.54) is 7.11 Å². The number of methoxy groups -OCH3 is 1. The van der Waals surface area contributed by atoms with Crippen molar-refractivity contribution < 1.29 is 9.53 Å². The fraction of sp³-hybridized carbons (Fsp3) is 0.875. The normalized spacial score (nSPS) is 13.3. The zero-order valence-corrected chi connectivity index (χ0v) is 7.18. The number of carbonyl (C=O) groups excluding carboxylic acids is 1. The summed E-state index contributed by atoms with van der Waals surface area (Å²) in [6.45, 7) is 6.07. The minimum atomic E-state index is -0.0856. The molecule has 10 heavy (non-hydrogen) atoms. The Morgan fingerprint density at radius 3 is 2.10 bits per heavy atom. The van der Waals surface area contributed by atoms with Crippen molar-refractivity contribution in [2.24, 2.45) is 11.8 Å². The molecule has 0 aliphatic carbocycles. The van der Waals surface area contributed by atoms with Crippen molar-refractivity contribution in [3.63, 3.8) is 0 Å². The van der Waals surface area contributed by atoms with E-state index in [1.54, 1.807) is 0 Å². The summed E-state index contributed by atoms with van der Waals surface area (Å²) in [6, 6.07) is 0. The molecule has 0 fully saturated rings. The van der Waals surface area contributed by atoms with Gasteiger partial charge in [0.15, 0.2) is 0 Å². The second kappa shape index (κ2) is 4.31. The van der Waals surface area contributed by atoms with E-state index in [2.05, 4.69) is 4.74 Å². The van der Waals surface area contributed by atoms with Crippen LogP contribution in [0.15, 0.2) is 0 Å². The van der Waals surface area contributed by atoms with Crippen LogP contribution in [0, 0.1) is 11.8 Å². The summed E-state index contributed by atoms with van der Waals surface area (Å²) < 4.78 is 4.63. The molecule has 0 aliphatic heterocycles. The highest BCUT2D eigenvalue weighted by atomic mass is 16.5. The summed E-state index contributed by atoms with van der Waals surface area (Å²) in [5.41, 5.74) is 0. The molecule has 0 heterocycles. The van der Waals surface area contributed by atoms with E-state index < -0.39 is 0 Å². The largest absolute Gasteiger partial charge is 0.469 e. The molecular weight excluding hydrogens is 128 g/mol. The average molecular weight is 144 g/mol. The molecule has 0 aromatic heterocycles. The molecule has 60 valence electrons. The zero-order valence-electron chi connectivity index (χ0n) is 7.18. The molecule has 2 heteroatoms. The molecule has 0 aromatic carbocycles. The molecule has 0 aliphatic rings. The van der Waals surface area contributed by atoms with Gasteiger partial charge in [-0.1, -0.05) is 20.8 Å². The molecule has 0 saturated carbocycles. The number of rotatable bonds is 3. The van der Waals surface area contributed by atoms with Gasteiger partial charge in [-0.2, -0.15) is 0 Å². The first kappa shape index (κ1) is 9.47. The summed E-state index contributed by atoms with van der Waals surface area (Å²) in [7, 11) is 1.44. The lowest BCUT2D eigenvalue weighted by Gasteiger charge is -2.15. The van der Waals surface area contributed by atoms with Crippen LogP contribution in [-0.4, -0.2) is 13.1 Å². The first-order chi connectivity index (χ1) is 4.63. The molecule has 1 atom stereocenters. The topological polar surface area (TPSA) is 26.3 Å². The van der Waals surface area contributed by atoms with Crippen molar-refractivity contribution in [2.75, 3.05) is 7.11 Å². The van der Waals surface area contributed by atoms with Crippen molar-refractivity contribution in [3.8, 4) is 0 Å². The maximum absolute atomic E-state index is 11.0. The van der Waals surface area contributed by atoms with E-state index in [0.717, 1.165) is 6.42 Å². The van der Waals surface area contributed by atoms with Crippen LogP contribution in [0.4, 0.5) is 0 Å². The van der Waals surface area contributed by atoms with Crippen LogP contribution >= 0.6 is 0 Å². The average Bonchev–Trinajstić information content (AvgIpc) is 1.88. The molecule has 0 rings (SSSR count). The Balaban J connectivity index is 3.93. The number of hydrogen-bond acceptors (Lipinski definition) is 2. The minimum Gasteiger partial charge on any atom is -0.469 e. The van der Waals surface area contributed by atoms with Gasteiger partial charge in [-0.15, -0.1) is 0 Å². The lowest BCUT2D eigenvalue weighted by Crippen LogP contribution is -2.20. The summed E-state index contributed by atoms with van der Waals surface area (Å²) >= 11 is 0. The van der Waals surface area contributed by atoms with Gasteiger partial charge in [0.1, 0.15) is 0 Å². The summed E-state index contributed by atoms with van der Waals surface area (Å²) in [4.78, 5) is 11.0. The number of ether oxygens (including phenoxy) is 1. The fourth-order valence-corrected chi connectivity index (χ4v) is 1.06. The molecule has 0 bridgehead atoms. The van der Waals surface area contributed by atoms with Crippen molar-refractivity contribution in [1.82, 2.24) is 0 Å². The second-order valence-corrected chi connectivity index (χ2v) is 2.78. The summed E-state index contributed by atoms with van der Waals surface area (Å²) in [5.74, 6) is 0.375. The summed E-state index contributed by atoms with van der Waals surface area (Å²) in [6.07, 6.45) is 0.865. The Morgan fingerprint density at radius 2 is 2.00 bits per heavy atom. The molecule has 0 amide bonds. The smallest absolute Gasteiger partial charge is 0.308 e.